The molecule has 0 spiro atoms. The summed E-state index contributed by atoms with van der Waals surface area (Å²) in [5, 5.41) is 20.1. The Morgan fingerprint density at radius 1 is 1.46 bits per heavy atom. The van der Waals surface area contributed by atoms with Crippen molar-refractivity contribution in [2.45, 2.75) is 31.5 Å². The highest BCUT2D eigenvalue weighted by Gasteiger charge is 2.48. The van der Waals surface area contributed by atoms with E-state index in [1.54, 1.807) is 0 Å². The second-order valence-corrected chi connectivity index (χ2v) is 6.52. The molecule has 1 aliphatic rings. The molecule has 0 aromatic carbocycles. The van der Waals surface area contributed by atoms with E-state index in [0.717, 1.165) is 0 Å². The molecule has 1 amide bonds. The zero-order chi connectivity index (χ0) is 17.9. The van der Waals surface area contributed by atoms with E-state index in [-0.39, 0.29) is 12.2 Å². The molecule has 1 saturated heterocycles. The fraction of sp³-hybridized carbons (Fsp3) is 0.538. The number of hydrogen-bond donors (Lipinski definition) is 3. The van der Waals surface area contributed by atoms with Crippen molar-refractivity contribution in [3.05, 3.63) is 30.1 Å². The summed E-state index contributed by atoms with van der Waals surface area (Å²) in [6, 6.07) is 3.00. The molecule has 10 nitrogen and oxygen atoms in total. The number of carbonyl (C=O) groups excluding carboxylic acids is 1. The average Bonchev–Trinajstić information content (AvgIpc) is 2.81. The van der Waals surface area contributed by atoms with E-state index in [2.05, 4.69) is 9.05 Å². The first kappa shape index (κ1) is 18.9. The van der Waals surface area contributed by atoms with Crippen molar-refractivity contribution in [1.29, 1.82) is 0 Å². The van der Waals surface area contributed by atoms with Crippen molar-refractivity contribution in [3.8, 4) is 0 Å². The van der Waals surface area contributed by atoms with Crippen LogP contribution in [0.15, 0.2) is 24.5 Å². The van der Waals surface area contributed by atoms with Gasteiger partial charge in [-0.1, -0.05) is 0 Å². The Bertz CT molecular complexity index is 642. The van der Waals surface area contributed by atoms with Crippen LogP contribution in [0.5, 0.6) is 0 Å². The number of aliphatic hydroxyl groups is 2. The van der Waals surface area contributed by atoms with Gasteiger partial charge in [-0.2, -0.15) is 4.57 Å². The number of ether oxygens (including phenoxy) is 1. The van der Waals surface area contributed by atoms with Crippen LogP contribution in [-0.4, -0.2) is 47.6 Å². The molecule has 134 valence electrons. The second-order valence-electron chi connectivity index (χ2n) is 5.11. The van der Waals surface area contributed by atoms with Crippen molar-refractivity contribution in [2.24, 2.45) is 5.73 Å². The minimum atomic E-state index is -4.49. The Morgan fingerprint density at radius 2 is 2.17 bits per heavy atom. The summed E-state index contributed by atoms with van der Waals surface area (Å²) in [6.45, 7) is 0.873. The summed E-state index contributed by atoms with van der Waals surface area (Å²) in [7, 11) is -4.49. The van der Waals surface area contributed by atoms with Crippen molar-refractivity contribution in [3.63, 3.8) is 0 Å². The lowest BCUT2D eigenvalue weighted by Gasteiger charge is -2.24. The van der Waals surface area contributed by atoms with E-state index in [0.29, 0.717) is 0 Å². The van der Waals surface area contributed by atoms with Gasteiger partial charge < -0.3 is 34.6 Å². The molecule has 1 aromatic rings. The normalized spacial score (nSPS) is 29.3. The molecule has 0 bridgehead atoms. The van der Waals surface area contributed by atoms with Crippen LogP contribution in [0.2, 0.25) is 0 Å². The minimum Gasteiger partial charge on any atom is -0.756 e. The molecule has 11 heteroatoms. The maximum Gasteiger partial charge on any atom is 0.292 e. The van der Waals surface area contributed by atoms with Gasteiger partial charge in [0.05, 0.1) is 13.2 Å². The molecule has 5 atom stereocenters. The lowest BCUT2D eigenvalue weighted by molar-refractivity contribution is -0.765. The summed E-state index contributed by atoms with van der Waals surface area (Å²) >= 11 is 0. The Kier molecular flexibility index (Phi) is 6.05. The van der Waals surface area contributed by atoms with E-state index < -0.39 is 44.9 Å². The molecule has 0 radical (unpaired) electrons. The number of nitrogens with zero attached hydrogens (tertiary/aromatic N) is 1. The third-order valence-corrected chi connectivity index (χ3v) is 4.46. The number of hydrogen-bond acceptors (Lipinski definition) is 8. The topological polar surface area (TPSA) is 155 Å². The number of carbonyl (C=O) groups is 1. The lowest BCUT2D eigenvalue weighted by atomic mass is 10.1. The SMILES string of the molecule is CCOP(=O)([O-])OC[C@H]1O[C@@H]([n+]2cccc(C(N)=O)c2)[C@H](O)[C@@H]1O. The Morgan fingerprint density at radius 3 is 2.79 bits per heavy atom. The molecule has 1 fully saturated rings. The fourth-order valence-electron chi connectivity index (χ4n) is 2.27. The molecule has 4 N–H and O–H groups in total. The maximum absolute atomic E-state index is 11.4. The number of pyridine rings is 1. The number of amides is 1. The van der Waals surface area contributed by atoms with E-state index in [1.807, 2.05) is 0 Å². The number of rotatable bonds is 7. The molecule has 1 aromatic heterocycles. The zero-order valence-electron chi connectivity index (χ0n) is 12.8. The van der Waals surface area contributed by atoms with Gasteiger partial charge in [-0.05, 0) is 13.0 Å². The standard InChI is InChI=1S/C13H19N2O8P/c1-2-21-24(19,20)22-7-9-10(16)11(17)13(23-9)15-5-3-4-8(6-15)12(14)18/h3-6,9-11,13,16-17H,2,7H2,1H3,(H2-,14,18,19,20)/t9-,10-,11-,13-/m1/s1. The first-order valence-electron chi connectivity index (χ1n) is 7.17. The molecule has 1 aliphatic heterocycles. The van der Waals surface area contributed by atoms with E-state index in [9.17, 15) is 24.5 Å². The van der Waals surface area contributed by atoms with Crippen molar-refractivity contribution in [1.82, 2.24) is 0 Å². The first-order chi connectivity index (χ1) is 11.2. The van der Waals surface area contributed by atoms with Crippen LogP contribution in [0.1, 0.15) is 23.5 Å². The predicted octanol–water partition coefficient (Wildman–Crippen LogP) is -1.79. The van der Waals surface area contributed by atoms with E-state index in [1.165, 1.54) is 36.0 Å². The van der Waals surface area contributed by atoms with Gasteiger partial charge in [0.25, 0.3) is 20.0 Å². The van der Waals surface area contributed by atoms with Crippen LogP contribution in [-0.2, 0) is 18.3 Å². The third kappa shape index (κ3) is 4.37. The number of phosphoric ester groups is 1. The zero-order valence-corrected chi connectivity index (χ0v) is 13.7. The highest BCUT2D eigenvalue weighted by atomic mass is 31.2. The number of aromatic nitrogens is 1. The number of aliphatic hydroxyl groups excluding tert-OH is 2. The first-order valence-corrected chi connectivity index (χ1v) is 8.63. The van der Waals surface area contributed by atoms with Crippen LogP contribution >= 0.6 is 7.82 Å². The van der Waals surface area contributed by atoms with E-state index in [4.69, 9.17) is 10.5 Å². The second kappa shape index (κ2) is 7.66. The van der Waals surface area contributed by atoms with Gasteiger partial charge in [0.15, 0.2) is 18.5 Å². The van der Waals surface area contributed by atoms with Gasteiger partial charge in [-0.3, -0.25) is 9.36 Å². The smallest absolute Gasteiger partial charge is 0.292 e. The fourth-order valence-corrected chi connectivity index (χ4v) is 2.99. The largest absolute Gasteiger partial charge is 0.756 e. The summed E-state index contributed by atoms with van der Waals surface area (Å²) in [5.41, 5.74) is 5.37. The summed E-state index contributed by atoms with van der Waals surface area (Å²) < 4.78 is 27.2. The molecular weight excluding hydrogens is 343 g/mol. The Labute approximate surface area is 138 Å². The van der Waals surface area contributed by atoms with Crippen LogP contribution in [0.25, 0.3) is 0 Å². The highest BCUT2D eigenvalue weighted by molar-refractivity contribution is 7.45. The average molecular weight is 362 g/mol. The summed E-state index contributed by atoms with van der Waals surface area (Å²) in [6.07, 6.45) is -2.02. The van der Waals surface area contributed by atoms with Crippen LogP contribution in [0.3, 0.4) is 0 Å². The monoisotopic (exact) mass is 362 g/mol. The Hall–Kier alpha value is -1.39. The van der Waals surface area contributed by atoms with Crippen LogP contribution < -0.4 is 15.2 Å². The van der Waals surface area contributed by atoms with Crippen molar-refractivity contribution in [2.75, 3.05) is 13.2 Å². The highest BCUT2D eigenvalue weighted by Crippen LogP contribution is 2.39. The van der Waals surface area contributed by atoms with Crippen molar-refractivity contribution < 1.29 is 42.8 Å². The summed E-state index contributed by atoms with van der Waals surface area (Å²) in [4.78, 5) is 22.6. The third-order valence-electron chi connectivity index (χ3n) is 3.42. The number of primary amides is 1. The molecule has 0 aliphatic carbocycles. The van der Waals surface area contributed by atoms with Crippen LogP contribution in [0.4, 0.5) is 0 Å². The van der Waals surface area contributed by atoms with Gasteiger partial charge >= 0.3 is 0 Å². The van der Waals surface area contributed by atoms with Gasteiger partial charge in [0.2, 0.25) is 0 Å². The Balaban J connectivity index is 2.08. The maximum atomic E-state index is 11.4. The molecule has 24 heavy (non-hydrogen) atoms. The molecule has 2 rings (SSSR count). The van der Waals surface area contributed by atoms with Gasteiger partial charge in [0.1, 0.15) is 17.8 Å². The number of nitrogens with two attached hydrogens (primary N) is 1. The lowest BCUT2D eigenvalue weighted by Crippen LogP contribution is -2.46. The quantitative estimate of drug-likeness (QED) is 0.379. The molecule has 2 heterocycles. The van der Waals surface area contributed by atoms with Gasteiger partial charge in [-0.15, -0.1) is 0 Å². The molecular formula is C13H19N2O8P. The molecule has 0 saturated carbocycles. The minimum absolute atomic E-state index is 0.0874. The van der Waals surface area contributed by atoms with Gasteiger partial charge in [-0.25, -0.2) is 0 Å². The van der Waals surface area contributed by atoms with E-state index >= 15 is 0 Å². The van der Waals surface area contributed by atoms with Gasteiger partial charge in [0, 0.05) is 6.07 Å². The van der Waals surface area contributed by atoms with Crippen molar-refractivity contribution >= 4 is 13.7 Å². The molecule has 1 unspecified atom stereocenters. The van der Waals surface area contributed by atoms with Crippen LogP contribution in [0, 0.1) is 0 Å². The summed E-state index contributed by atoms with van der Waals surface area (Å²) in [5.74, 6) is -0.665. The number of phosphoric acid groups is 1. The predicted molar refractivity (Wildman–Crippen MR) is 76.3 cm³/mol.